The fourth-order valence-electron chi connectivity index (χ4n) is 6.47. The number of carbonyl (C=O) groups is 1. The number of nitrogens with one attached hydrogen (secondary N) is 1. The van der Waals surface area contributed by atoms with Gasteiger partial charge in [-0.2, -0.15) is 18.2 Å². The van der Waals surface area contributed by atoms with Gasteiger partial charge >= 0.3 is 11.9 Å². The molecule has 2 aromatic carbocycles. The Morgan fingerprint density at radius 2 is 1.84 bits per heavy atom. The van der Waals surface area contributed by atoms with Crippen LogP contribution >= 0.6 is 11.8 Å². The molecule has 1 saturated carbocycles. The first kappa shape index (κ1) is 31.3. The summed E-state index contributed by atoms with van der Waals surface area (Å²) < 4.78 is 81.9. The predicted molar refractivity (Wildman–Crippen MR) is 163 cm³/mol. The van der Waals surface area contributed by atoms with Gasteiger partial charge in [0.05, 0.1) is 29.4 Å². The largest absolute Gasteiger partial charge is 0.417 e. The van der Waals surface area contributed by atoms with Crippen molar-refractivity contribution in [3.8, 4) is 11.1 Å². The molecule has 0 spiro atoms. The Labute approximate surface area is 260 Å². The van der Waals surface area contributed by atoms with Crippen LogP contribution in [0, 0.1) is 11.6 Å². The van der Waals surface area contributed by atoms with Crippen molar-refractivity contribution in [1.82, 2.24) is 14.5 Å². The topological polar surface area (TPSA) is 79.7 Å². The summed E-state index contributed by atoms with van der Waals surface area (Å²) in [5.74, 6) is -2.12. The summed E-state index contributed by atoms with van der Waals surface area (Å²) in [5.41, 5.74) is -2.60. The van der Waals surface area contributed by atoms with Crippen molar-refractivity contribution in [2.75, 3.05) is 42.8 Å². The minimum Gasteiger partial charge on any atom is -0.383 e. The number of alkyl halides is 3. The van der Waals surface area contributed by atoms with Gasteiger partial charge in [0, 0.05) is 71.6 Å². The van der Waals surface area contributed by atoms with Crippen molar-refractivity contribution in [1.29, 1.82) is 0 Å². The van der Waals surface area contributed by atoms with E-state index in [9.17, 15) is 27.2 Å². The van der Waals surface area contributed by atoms with Crippen LogP contribution in [-0.4, -0.2) is 71.0 Å². The molecule has 6 rings (SSSR count). The number of amides is 1. The van der Waals surface area contributed by atoms with E-state index in [2.05, 4.69) is 16.9 Å². The molecule has 1 amide bonds. The fraction of sp³-hybridized carbons (Fsp3) is 0.452. The van der Waals surface area contributed by atoms with Crippen LogP contribution < -0.4 is 15.9 Å². The predicted octanol–water partition coefficient (Wildman–Crippen LogP) is 5.84. The molecule has 45 heavy (non-hydrogen) atoms. The number of benzene rings is 2. The van der Waals surface area contributed by atoms with Crippen molar-refractivity contribution in [3.05, 3.63) is 58.5 Å². The van der Waals surface area contributed by atoms with Crippen LogP contribution in [0.25, 0.3) is 22.0 Å². The first-order valence-corrected chi connectivity index (χ1v) is 15.6. The SMILES string of the molecule is C=CC(=O)N1[C@H](C)CN(c2nc(=O)n3c4c(c(-c5cc(NC6CC6)c(F)cc5F)c(C(F)(F)F)cc24)SC[C@@H]3COC)C[C@@H]1C. The summed E-state index contributed by atoms with van der Waals surface area (Å²) in [6.07, 6.45) is -2.19. The molecule has 14 heteroatoms. The molecule has 240 valence electrons. The highest BCUT2D eigenvalue weighted by molar-refractivity contribution is 7.99. The minimum atomic E-state index is -4.94. The van der Waals surface area contributed by atoms with E-state index in [1.54, 1.807) is 23.6 Å². The first-order valence-electron chi connectivity index (χ1n) is 14.6. The van der Waals surface area contributed by atoms with Crippen molar-refractivity contribution in [2.24, 2.45) is 0 Å². The Kier molecular flexibility index (Phi) is 8.09. The average Bonchev–Trinajstić information content (AvgIpc) is 3.79. The van der Waals surface area contributed by atoms with Crippen LogP contribution in [0.5, 0.6) is 0 Å². The third-order valence-electron chi connectivity index (χ3n) is 8.50. The lowest BCUT2D eigenvalue weighted by atomic mass is 9.94. The van der Waals surface area contributed by atoms with Gasteiger partial charge in [-0.05, 0) is 44.9 Å². The summed E-state index contributed by atoms with van der Waals surface area (Å²) in [4.78, 5) is 34.0. The number of hydrogen-bond donors (Lipinski definition) is 1. The highest BCUT2D eigenvalue weighted by Crippen LogP contribution is 2.51. The standard InChI is InChI=1S/C31H32F5N5O3S/c1-5-25(42)40-15(2)11-39(12-16(40)3)29-20-8-21(31(34,35)36)26(19-9-24(37-17-6-7-17)23(33)10-22(19)32)28-27(20)41(30(43)38-29)18(13-44-4)14-45-28/h5,8-10,15-18,37H,1,6-7,11-14H2,2-4H3/t15-,16+,18-/m0/s1. The smallest absolute Gasteiger partial charge is 0.383 e. The summed E-state index contributed by atoms with van der Waals surface area (Å²) in [5, 5.41) is 3.00. The Balaban J connectivity index is 1.63. The molecule has 2 aliphatic heterocycles. The zero-order valence-corrected chi connectivity index (χ0v) is 25.7. The quantitative estimate of drug-likeness (QED) is 0.255. The molecule has 0 radical (unpaired) electrons. The van der Waals surface area contributed by atoms with E-state index in [0.717, 1.165) is 36.7 Å². The van der Waals surface area contributed by atoms with Crippen LogP contribution in [0.1, 0.15) is 38.3 Å². The Hall–Kier alpha value is -3.65. The lowest BCUT2D eigenvalue weighted by Crippen LogP contribution is -2.58. The van der Waals surface area contributed by atoms with Gasteiger partial charge in [-0.3, -0.25) is 9.36 Å². The second-order valence-corrected chi connectivity index (χ2v) is 12.8. The highest BCUT2D eigenvalue weighted by Gasteiger charge is 2.41. The average molecular weight is 650 g/mol. The molecule has 1 N–H and O–H groups in total. The van der Waals surface area contributed by atoms with Gasteiger partial charge in [-0.25, -0.2) is 13.6 Å². The number of methoxy groups -OCH3 is 1. The zero-order valence-electron chi connectivity index (χ0n) is 24.9. The molecule has 1 aliphatic carbocycles. The fourth-order valence-corrected chi connectivity index (χ4v) is 7.79. The second-order valence-electron chi connectivity index (χ2n) is 11.8. The van der Waals surface area contributed by atoms with Gasteiger partial charge in [-0.15, -0.1) is 11.8 Å². The number of piperazine rings is 1. The van der Waals surface area contributed by atoms with E-state index in [1.165, 1.54) is 17.8 Å². The third kappa shape index (κ3) is 5.56. The molecule has 3 heterocycles. The molecule has 3 aliphatic rings. The zero-order chi connectivity index (χ0) is 32.4. The lowest BCUT2D eigenvalue weighted by Gasteiger charge is -2.45. The summed E-state index contributed by atoms with van der Waals surface area (Å²) in [7, 11) is 1.46. The first-order chi connectivity index (χ1) is 21.3. The van der Waals surface area contributed by atoms with Crippen molar-refractivity contribution in [2.45, 2.75) is 61.9 Å². The monoisotopic (exact) mass is 649 g/mol. The molecule has 3 aromatic rings. The number of carbonyl (C=O) groups excluding carboxylic acids is 1. The van der Waals surface area contributed by atoms with E-state index >= 15 is 4.39 Å². The minimum absolute atomic E-state index is 0.0372. The summed E-state index contributed by atoms with van der Waals surface area (Å²) in [6.45, 7) is 7.66. The van der Waals surface area contributed by atoms with E-state index in [4.69, 9.17) is 4.74 Å². The van der Waals surface area contributed by atoms with E-state index in [-0.39, 0.29) is 76.8 Å². The molecule has 2 fully saturated rings. The van der Waals surface area contributed by atoms with Crippen LogP contribution in [0.3, 0.4) is 0 Å². The van der Waals surface area contributed by atoms with Gasteiger partial charge in [0.1, 0.15) is 17.5 Å². The van der Waals surface area contributed by atoms with Crippen molar-refractivity contribution < 1.29 is 31.5 Å². The van der Waals surface area contributed by atoms with Gasteiger partial charge in [0.25, 0.3) is 0 Å². The molecule has 1 saturated heterocycles. The maximum absolute atomic E-state index is 15.5. The molecule has 3 atom stereocenters. The van der Waals surface area contributed by atoms with Gasteiger partial charge in [0.2, 0.25) is 5.91 Å². The Bertz CT molecular complexity index is 1750. The van der Waals surface area contributed by atoms with Crippen LogP contribution in [-0.2, 0) is 15.7 Å². The molecular weight excluding hydrogens is 617 g/mol. The number of rotatable bonds is 7. The highest BCUT2D eigenvalue weighted by atomic mass is 32.2. The van der Waals surface area contributed by atoms with Crippen LogP contribution in [0.15, 0.2) is 40.5 Å². The van der Waals surface area contributed by atoms with Crippen LogP contribution in [0.2, 0.25) is 0 Å². The number of nitrogens with zero attached hydrogens (tertiary/aromatic N) is 4. The lowest BCUT2D eigenvalue weighted by molar-refractivity contribution is -0.137. The number of halogens is 5. The number of ether oxygens (including phenoxy) is 1. The summed E-state index contributed by atoms with van der Waals surface area (Å²) in [6, 6.07) is 1.26. The third-order valence-corrected chi connectivity index (χ3v) is 9.74. The Morgan fingerprint density at radius 3 is 2.44 bits per heavy atom. The maximum atomic E-state index is 15.5. The molecule has 0 bridgehead atoms. The van der Waals surface area contributed by atoms with E-state index < -0.39 is 46.2 Å². The normalized spacial score (nSPS) is 21.7. The molecule has 8 nitrogen and oxygen atoms in total. The molecule has 1 aromatic heterocycles. The number of hydrogen-bond acceptors (Lipinski definition) is 7. The van der Waals surface area contributed by atoms with Crippen LogP contribution in [0.4, 0.5) is 33.5 Å². The Morgan fingerprint density at radius 1 is 1.16 bits per heavy atom. The molecular formula is C31H32F5N5O3S. The number of aromatic nitrogens is 2. The van der Waals surface area contributed by atoms with Gasteiger partial charge < -0.3 is 19.9 Å². The van der Waals surface area contributed by atoms with Gasteiger partial charge in [0.15, 0.2) is 0 Å². The van der Waals surface area contributed by atoms with E-state index in [1.807, 2.05) is 0 Å². The van der Waals surface area contributed by atoms with E-state index in [0.29, 0.717) is 6.07 Å². The number of thioether (sulfide) groups is 1. The number of anilines is 2. The van der Waals surface area contributed by atoms with Gasteiger partial charge in [-0.1, -0.05) is 6.58 Å². The maximum Gasteiger partial charge on any atom is 0.417 e. The second kappa shape index (κ2) is 11.6. The summed E-state index contributed by atoms with van der Waals surface area (Å²) >= 11 is 1.07. The van der Waals surface area contributed by atoms with Crippen molar-refractivity contribution >= 4 is 40.1 Å². The van der Waals surface area contributed by atoms with Crippen molar-refractivity contribution in [3.63, 3.8) is 0 Å². The molecule has 0 unspecified atom stereocenters.